The van der Waals surface area contributed by atoms with Crippen LogP contribution in [0.1, 0.15) is 12.2 Å². The molecule has 21 heavy (non-hydrogen) atoms. The Bertz CT molecular complexity index is 546. The number of aromatic nitrogens is 1. The number of aryl methyl sites for hydroxylation is 1. The van der Waals surface area contributed by atoms with Gasteiger partial charge in [-0.1, -0.05) is 35.5 Å². The largest absolute Gasteiger partial charge is 0.361 e. The number of nitrogens with zero attached hydrogens (tertiary/aromatic N) is 3. The van der Waals surface area contributed by atoms with E-state index in [1.54, 1.807) is 0 Å². The number of rotatable bonds is 5. The molecule has 1 saturated heterocycles. The van der Waals surface area contributed by atoms with Gasteiger partial charge in [0.15, 0.2) is 0 Å². The molecule has 2 heterocycles. The number of nitrogens with two attached hydrogens (primary N) is 1. The van der Waals surface area contributed by atoms with Gasteiger partial charge in [-0.15, -0.1) is 0 Å². The molecule has 1 aromatic heterocycles. The number of hydrazine groups is 1. The molecule has 2 N–H and O–H groups in total. The summed E-state index contributed by atoms with van der Waals surface area (Å²) in [6, 6.07) is 12.2. The van der Waals surface area contributed by atoms with Crippen molar-refractivity contribution >= 4 is 0 Å². The van der Waals surface area contributed by atoms with Crippen molar-refractivity contribution in [2.24, 2.45) is 5.84 Å². The van der Waals surface area contributed by atoms with Crippen LogP contribution in [0.4, 0.5) is 0 Å². The van der Waals surface area contributed by atoms with Crippen molar-refractivity contribution in [3.8, 4) is 11.3 Å². The molecule has 112 valence electrons. The third-order valence-corrected chi connectivity index (χ3v) is 3.93. The van der Waals surface area contributed by atoms with Gasteiger partial charge in [-0.3, -0.25) is 5.84 Å². The van der Waals surface area contributed by atoms with Gasteiger partial charge in [-0.2, -0.15) is 0 Å². The second-order valence-electron chi connectivity index (χ2n) is 5.53. The van der Waals surface area contributed by atoms with Crippen LogP contribution in [0, 0.1) is 0 Å². The summed E-state index contributed by atoms with van der Waals surface area (Å²) in [5.74, 6) is 6.72. The van der Waals surface area contributed by atoms with Crippen molar-refractivity contribution in [3.05, 3.63) is 42.2 Å². The van der Waals surface area contributed by atoms with Crippen LogP contribution >= 0.6 is 0 Å². The standard InChI is InChI=1S/C16H22N4O/c17-20-11-9-19(10-12-20)8-4-7-15-13-16(18-21-15)14-5-2-1-3-6-14/h1-3,5-6,13H,4,7-12,17H2. The first-order valence-electron chi connectivity index (χ1n) is 7.54. The third-order valence-electron chi connectivity index (χ3n) is 3.93. The predicted molar refractivity (Wildman–Crippen MR) is 82.5 cm³/mol. The maximum absolute atomic E-state index is 5.76. The molecule has 0 unspecified atom stereocenters. The minimum Gasteiger partial charge on any atom is -0.361 e. The molecule has 5 heteroatoms. The van der Waals surface area contributed by atoms with E-state index in [1.165, 1.54) is 0 Å². The van der Waals surface area contributed by atoms with Crippen molar-refractivity contribution in [2.75, 3.05) is 32.7 Å². The van der Waals surface area contributed by atoms with E-state index in [0.717, 1.165) is 62.6 Å². The number of benzene rings is 1. The van der Waals surface area contributed by atoms with Gasteiger partial charge >= 0.3 is 0 Å². The maximum Gasteiger partial charge on any atom is 0.137 e. The fourth-order valence-electron chi connectivity index (χ4n) is 2.64. The van der Waals surface area contributed by atoms with E-state index < -0.39 is 0 Å². The first-order valence-corrected chi connectivity index (χ1v) is 7.54. The third kappa shape index (κ3) is 3.91. The summed E-state index contributed by atoms with van der Waals surface area (Å²) in [4.78, 5) is 2.46. The summed E-state index contributed by atoms with van der Waals surface area (Å²) in [6.45, 7) is 5.13. The second-order valence-corrected chi connectivity index (χ2v) is 5.53. The second kappa shape index (κ2) is 6.85. The minimum atomic E-state index is 0.919. The van der Waals surface area contributed by atoms with Gasteiger partial charge in [0.2, 0.25) is 0 Å². The van der Waals surface area contributed by atoms with Gasteiger partial charge in [0, 0.05) is 44.2 Å². The van der Waals surface area contributed by atoms with Crippen molar-refractivity contribution in [1.29, 1.82) is 0 Å². The number of piperazine rings is 1. The van der Waals surface area contributed by atoms with E-state index in [-0.39, 0.29) is 0 Å². The first-order chi connectivity index (χ1) is 10.3. The van der Waals surface area contributed by atoms with Gasteiger partial charge in [-0.05, 0) is 13.0 Å². The van der Waals surface area contributed by atoms with Crippen molar-refractivity contribution in [2.45, 2.75) is 12.8 Å². The Labute approximate surface area is 125 Å². The lowest BCUT2D eigenvalue weighted by Gasteiger charge is -2.31. The molecule has 0 amide bonds. The maximum atomic E-state index is 5.76. The van der Waals surface area contributed by atoms with Gasteiger partial charge < -0.3 is 9.42 Å². The molecule has 0 saturated carbocycles. The normalized spacial score (nSPS) is 17.2. The molecule has 0 radical (unpaired) electrons. The molecule has 1 aliphatic rings. The Morgan fingerprint density at radius 2 is 1.86 bits per heavy atom. The van der Waals surface area contributed by atoms with Crippen LogP contribution in [-0.2, 0) is 6.42 Å². The van der Waals surface area contributed by atoms with Gasteiger partial charge in [0.05, 0.1) is 0 Å². The quantitative estimate of drug-likeness (QED) is 0.849. The van der Waals surface area contributed by atoms with Crippen LogP contribution in [0.3, 0.4) is 0 Å². The van der Waals surface area contributed by atoms with E-state index in [9.17, 15) is 0 Å². The summed E-state index contributed by atoms with van der Waals surface area (Å²) in [7, 11) is 0. The van der Waals surface area contributed by atoms with Crippen molar-refractivity contribution in [3.63, 3.8) is 0 Å². The topological polar surface area (TPSA) is 58.5 Å². The highest BCUT2D eigenvalue weighted by Gasteiger charge is 2.14. The molecule has 1 fully saturated rings. The van der Waals surface area contributed by atoms with Crippen molar-refractivity contribution in [1.82, 2.24) is 15.1 Å². The zero-order valence-corrected chi connectivity index (χ0v) is 12.2. The zero-order chi connectivity index (χ0) is 14.5. The van der Waals surface area contributed by atoms with Crippen LogP contribution in [0.5, 0.6) is 0 Å². The lowest BCUT2D eigenvalue weighted by molar-refractivity contribution is 0.132. The van der Waals surface area contributed by atoms with Crippen molar-refractivity contribution < 1.29 is 4.52 Å². The van der Waals surface area contributed by atoms with E-state index >= 15 is 0 Å². The first kappa shape index (κ1) is 14.3. The highest BCUT2D eigenvalue weighted by molar-refractivity contribution is 5.58. The fourth-order valence-corrected chi connectivity index (χ4v) is 2.64. The molecular formula is C16H22N4O. The van der Waals surface area contributed by atoms with E-state index in [1.807, 2.05) is 41.4 Å². The van der Waals surface area contributed by atoms with Crippen LogP contribution in [0.2, 0.25) is 0 Å². The molecule has 3 rings (SSSR count). The Kier molecular flexibility index (Phi) is 4.65. The lowest BCUT2D eigenvalue weighted by Crippen LogP contribution is -2.49. The van der Waals surface area contributed by atoms with Crippen LogP contribution in [0.15, 0.2) is 40.9 Å². The van der Waals surface area contributed by atoms with Gasteiger partial charge in [-0.25, -0.2) is 5.01 Å². The van der Waals surface area contributed by atoms with E-state index in [4.69, 9.17) is 10.4 Å². The predicted octanol–water partition coefficient (Wildman–Crippen LogP) is 1.77. The van der Waals surface area contributed by atoms with E-state index in [0.29, 0.717) is 0 Å². The summed E-state index contributed by atoms with van der Waals surface area (Å²) in [5.41, 5.74) is 2.02. The monoisotopic (exact) mass is 286 g/mol. The summed E-state index contributed by atoms with van der Waals surface area (Å²) in [6.07, 6.45) is 2.02. The summed E-state index contributed by atoms with van der Waals surface area (Å²) in [5, 5.41) is 6.04. The molecule has 1 aliphatic heterocycles. The Morgan fingerprint density at radius 1 is 1.10 bits per heavy atom. The highest BCUT2D eigenvalue weighted by Crippen LogP contribution is 2.19. The Hall–Kier alpha value is -1.69. The zero-order valence-electron chi connectivity index (χ0n) is 12.2. The SMILES string of the molecule is NN1CCN(CCCc2cc(-c3ccccc3)no2)CC1. The minimum absolute atomic E-state index is 0.919. The molecule has 2 aromatic rings. The smallest absolute Gasteiger partial charge is 0.137 e. The number of hydrogen-bond acceptors (Lipinski definition) is 5. The molecule has 0 spiro atoms. The van der Waals surface area contributed by atoms with Crippen LogP contribution < -0.4 is 5.84 Å². The molecule has 5 nitrogen and oxygen atoms in total. The highest BCUT2D eigenvalue weighted by atomic mass is 16.5. The summed E-state index contributed by atoms with van der Waals surface area (Å²) < 4.78 is 5.43. The fraction of sp³-hybridized carbons (Fsp3) is 0.438. The molecule has 0 atom stereocenters. The lowest BCUT2D eigenvalue weighted by atomic mass is 10.1. The molecular weight excluding hydrogens is 264 g/mol. The van der Waals surface area contributed by atoms with Gasteiger partial charge in [0.25, 0.3) is 0 Å². The molecule has 1 aromatic carbocycles. The molecule has 0 aliphatic carbocycles. The van der Waals surface area contributed by atoms with Gasteiger partial charge in [0.1, 0.15) is 11.5 Å². The Morgan fingerprint density at radius 3 is 2.62 bits per heavy atom. The van der Waals surface area contributed by atoms with Crippen LogP contribution in [-0.4, -0.2) is 47.8 Å². The number of hydrogen-bond donors (Lipinski definition) is 1. The summed E-state index contributed by atoms with van der Waals surface area (Å²) >= 11 is 0. The van der Waals surface area contributed by atoms with E-state index in [2.05, 4.69) is 10.1 Å². The van der Waals surface area contributed by atoms with Crippen LogP contribution in [0.25, 0.3) is 11.3 Å². The Balaban J connectivity index is 1.47. The average molecular weight is 286 g/mol. The average Bonchev–Trinajstić information content (AvgIpc) is 2.99. The molecule has 0 bridgehead atoms.